The van der Waals surface area contributed by atoms with E-state index in [1.54, 1.807) is 6.92 Å². The molecule has 1 aromatic rings. The van der Waals surface area contributed by atoms with E-state index in [9.17, 15) is 27.5 Å². The summed E-state index contributed by atoms with van der Waals surface area (Å²) >= 11 is 0. The minimum Gasteiger partial charge on any atom is -0.480 e. The number of aliphatic carboxylic acids is 1. The van der Waals surface area contributed by atoms with Gasteiger partial charge in [-0.15, -0.1) is 0 Å². The van der Waals surface area contributed by atoms with Gasteiger partial charge in [-0.25, -0.2) is 17.6 Å². The standard InChI is InChI=1S/C18H25FN2O5S/c1-3-12(2)16(18(23)24)20-17(22)13-5-4-10-21(11-13)27(25,26)15-8-6-14(19)7-9-15/h6-9,12-13,16H,3-5,10-11H2,1-2H3,(H,20,22)(H,23,24)/t12-,13-,16+/m1/s1. The van der Waals surface area contributed by atoms with E-state index >= 15 is 0 Å². The van der Waals surface area contributed by atoms with Crippen LogP contribution in [0.15, 0.2) is 29.2 Å². The first-order valence-corrected chi connectivity index (χ1v) is 10.4. The molecule has 0 unspecified atom stereocenters. The van der Waals surface area contributed by atoms with Gasteiger partial charge < -0.3 is 10.4 Å². The summed E-state index contributed by atoms with van der Waals surface area (Å²) in [5.41, 5.74) is 0. The summed E-state index contributed by atoms with van der Waals surface area (Å²) in [6.07, 6.45) is 1.56. The predicted octanol–water partition coefficient (Wildman–Crippen LogP) is 1.84. The normalized spacial score (nSPS) is 20.6. The lowest BCUT2D eigenvalue weighted by Gasteiger charge is -2.32. The molecule has 2 rings (SSSR count). The van der Waals surface area contributed by atoms with E-state index in [4.69, 9.17) is 0 Å². The van der Waals surface area contributed by atoms with Crippen LogP contribution in [0.4, 0.5) is 4.39 Å². The van der Waals surface area contributed by atoms with Crippen molar-refractivity contribution in [2.75, 3.05) is 13.1 Å². The van der Waals surface area contributed by atoms with Crippen LogP contribution < -0.4 is 5.32 Å². The SMILES string of the molecule is CC[C@@H](C)[C@H](NC(=O)[C@@H]1CCCN(S(=O)(=O)c2ccc(F)cc2)C1)C(=O)O. The monoisotopic (exact) mass is 400 g/mol. The van der Waals surface area contributed by atoms with Crippen molar-refractivity contribution in [3.8, 4) is 0 Å². The molecule has 1 aromatic carbocycles. The van der Waals surface area contributed by atoms with Gasteiger partial charge >= 0.3 is 5.97 Å². The summed E-state index contributed by atoms with van der Waals surface area (Å²) in [5, 5.41) is 11.9. The molecule has 150 valence electrons. The zero-order chi connectivity index (χ0) is 20.2. The number of amides is 1. The molecule has 0 radical (unpaired) electrons. The summed E-state index contributed by atoms with van der Waals surface area (Å²) < 4.78 is 39.7. The molecule has 0 spiro atoms. The lowest BCUT2D eigenvalue weighted by atomic mass is 9.95. The summed E-state index contributed by atoms with van der Waals surface area (Å²) in [4.78, 5) is 23.9. The maximum atomic E-state index is 13.1. The minimum atomic E-state index is -3.84. The lowest BCUT2D eigenvalue weighted by molar-refractivity contribution is -0.144. The highest BCUT2D eigenvalue weighted by molar-refractivity contribution is 7.89. The van der Waals surface area contributed by atoms with E-state index in [0.717, 1.165) is 12.1 Å². The Kier molecular flexibility index (Phi) is 6.94. The Balaban J connectivity index is 2.11. The highest BCUT2D eigenvalue weighted by atomic mass is 32.2. The number of carbonyl (C=O) groups excluding carboxylic acids is 1. The van der Waals surface area contributed by atoms with Gasteiger partial charge in [0.1, 0.15) is 11.9 Å². The van der Waals surface area contributed by atoms with Crippen molar-refractivity contribution in [1.82, 2.24) is 9.62 Å². The number of nitrogens with one attached hydrogen (secondary N) is 1. The van der Waals surface area contributed by atoms with Crippen molar-refractivity contribution in [3.63, 3.8) is 0 Å². The quantitative estimate of drug-likeness (QED) is 0.727. The fourth-order valence-corrected chi connectivity index (χ4v) is 4.61. The minimum absolute atomic E-state index is 0.0294. The van der Waals surface area contributed by atoms with Crippen molar-refractivity contribution in [3.05, 3.63) is 30.1 Å². The van der Waals surface area contributed by atoms with Crippen LogP contribution in [0.1, 0.15) is 33.1 Å². The molecule has 9 heteroatoms. The average Bonchev–Trinajstić information content (AvgIpc) is 2.65. The van der Waals surface area contributed by atoms with Crippen LogP contribution in [0.5, 0.6) is 0 Å². The first kappa shape index (κ1) is 21.3. The second-order valence-electron chi connectivity index (χ2n) is 6.87. The second kappa shape index (κ2) is 8.79. The number of piperidine rings is 1. The van der Waals surface area contributed by atoms with Gasteiger partial charge in [0.05, 0.1) is 10.8 Å². The molecule has 1 aliphatic heterocycles. The molecule has 0 bridgehead atoms. The molecule has 1 fully saturated rings. The number of sulfonamides is 1. The molecular weight excluding hydrogens is 375 g/mol. The number of nitrogens with zero attached hydrogens (tertiary/aromatic N) is 1. The van der Waals surface area contributed by atoms with Gasteiger partial charge in [0.15, 0.2) is 0 Å². The van der Waals surface area contributed by atoms with Gasteiger partial charge in [0, 0.05) is 13.1 Å². The molecule has 27 heavy (non-hydrogen) atoms. The van der Waals surface area contributed by atoms with Crippen LogP contribution in [0, 0.1) is 17.7 Å². The number of halogens is 1. The fraction of sp³-hybridized carbons (Fsp3) is 0.556. The first-order chi connectivity index (χ1) is 12.7. The van der Waals surface area contributed by atoms with Crippen LogP contribution in [0.2, 0.25) is 0 Å². The van der Waals surface area contributed by atoms with E-state index in [1.807, 2.05) is 6.92 Å². The molecule has 1 aliphatic rings. The Morgan fingerprint density at radius 1 is 1.33 bits per heavy atom. The molecule has 0 aromatic heterocycles. The van der Waals surface area contributed by atoms with Gasteiger partial charge in [0.25, 0.3) is 0 Å². The smallest absolute Gasteiger partial charge is 0.326 e. The Morgan fingerprint density at radius 2 is 1.96 bits per heavy atom. The van der Waals surface area contributed by atoms with Crippen molar-refractivity contribution < 1.29 is 27.5 Å². The third-order valence-corrected chi connectivity index (χ3v) is 6.86. The van der Waals surface area contributed by atoms with Crippen LogP contribution in [0.25, 0.3) is 0 Å². The number of carboxylic acids is 1. The van der Waals surface area contributed by atoms with Crippen LogP contribution in [-0.2, 0) is 19.6 Å². The summed E-state index contributed by atoms with van der Waals surface area (Å²) in [6.45, 7) is 3.81. The van der Waals surface area contributed by atoms with E-state index in [1.165, 1.54) is 16.4 Å². The topological polar surface area (TPSA) is 104 Å². The lowest BCUT2D eigenvalue weighted by Crippen LogP contribution is -2.51. The second-order valence-corrected chi connectivity index (χ2v) is 8.80. The Morgan fingerprint density at radius 3 is 2.52 bits per heavy atom. The van der Waals surface area contributed by atoms with Crippen molar-refractivity contribution in [1.29, 1.82) is 0 Å². The van der Waals surface area contributed by atoms with Gasteiger partial charge in [-0.1, -0.05) is 20.3 Å². The van der Waals surface area contributed by atoms with Crippen molar-refractivity contribution >= 4 is 21.9 Å². The van der Waals surface area contributed by atoms with Gasteiger partial charge in [-0.05, 0) is 43.0 Å². The molecule has 2 N–H and O–H groups in total. The Labute approximate surface area is 158 Å². The molecule has 1 heterocycles. The molecule has 1 amide bonds. The number of hydrogen-bond acceptors (Lipinski definition) is 4. The number of benzene rings is 1. The zero-order valence-corrected chi connectivity index (χ0v) is 16.2. The maximum absolute atomic E-state index is 13.1. The third kappa shape index (κ3) is 5.04. The van der Waals surface area contributed by atoms with Crippen LogP contribution in [0.3, 0.4) is 0 Å². The molecule has 0 aliphatic carbocycles. The molecule has 7 nitrogen and oxygen atoms in total. The van der Waals surface area contributed by atoms with E-state index in [-0.39, 0.29) is 23.9 Å². The average molecular weight is 400 g/mol. The number of carbonyl (C=O) groups is 2. The molecule has 0 saturated carbocycles. The van der Waals surface area contributed by atoms with E-state index in [0.29, 0.717) is 19.3 Å². The summed E-state index contributed by atoms with van der Waals surface area (Å²) in [5.74, 6) is -2.96. The highest BCUT2D eigenvalue weighted by Crippen LogP contribution is 2.24. The van der Waals surface area contributed by atoms with Crippen molar-refractivity contribution in [2.45, 2.75) is 44.0 Å². The molecule has 3 atom stereocenters. The molecular formula is C18H25FN2O5S. The number of hydrogen-bond donors (Lipinski definition) is 2. The Hall–Kier alpha value is -2.00. The number of carboxylic acid groups (broad SMARTS) is 1. The van der Waals surface area contributed by atoms with Crippen LogP contribution >= 0.6 is 0 Å². The largest absolute Gasteiger partial charge is 0.480 e. The summed E-state index contributed by atoms with van der Waals surface area (Å²) in [7, 11) is -3.84. The Bertz CT molecular complexity index is 781. The van der Waals surface area contributed by atoms with Gasteiger partial charge in [-0.3, -0.25) is 4.79 Å². The van der Waals surface area contributed by atoms with Gasteiger partial charge in [0.2, 0.25) is 15.9 Å². The maximum Gasteiger partial charge on any atom is 0.326 e. The van der Waals surface area contributed by atoms with Crippen molar-refractivity contribution in [2.24, 2.45) is 11.8 Å². The zero-order valence-electron chi connectivity index (χ0n) is 15.4. The summed E-state index contributed by atoms with van der Waals surface area (Å²) in [6, 6.07) is 3.52. The first-order valence-electron chi connectivity index (χ1n) is 8.95. The third-order valence-electron chi connectivity index (χ3n) is 4.98. The predicted molar refractivity (Wildman–Crippen MR) is 96.9 cm³/mol. The molecule has 1 saturated heterocycles. The number of rotatable bonds is 7. The van der Waals surface area contributed by atoms with E-state index < -0.39 is 39.7 Å². The fourth-order valence-electron chi connectivity index (χ4n) is 3.08. The van der Waals surface area contributed by atoms with Crippen LogP contribution in [-0.4, -0.2) is 48.8 Å². The van der Waals surface area contributed by atoms with E-state index in [2.05, 4.69) is 5.32 Å². The highest BCUT2D eigenvalue weighted by Gasteiger charge is 2.35. The van der Waals surface area contributed by atoms with Gasteiger partial charge in [-0.2, -0.15) is 4.31 Å².